The Morgan fingerprint density at radius 3 is 2.96 bits per heavy atom. The summed E-state index contributed by atoms with van der Waals surface area (Å²) < 4.78 is 47.1. The van der Waals surface area contributed by atoms with Gasteiger partial charge in [-0.25, -0.2) is 17.5 Å². The summed E-state index contributed by atoms with van der Waals surface area (Å²) in [6, 6.07) is 7.24. The molecule has 7 nitrogen and oxygen atoms in total. The Morgan fingerprint density at radius 1 is 1.46 bits per heavy atom. The van der Waals surface area contributed by atoms with Gasteiger partial charge in [0.2, 0.25) is 10.0 Å². The SMILES string of the molecule is N#Cc1ccc(-n2ccc(NS(=O)(=O)CC3CCCO3)n2)c(F)c1. The van der Waals surface area contributed by atoms with Crippen LogP contribution in [0.1, 0.15) is 18.4 Å². The van der Waals surface area contributed by atoms with E-state index in [4.69, 9.17) is 10.00 Å². The summed E-state index contributed by atoms with van der Waals surface area (Å²) in [6.07, 6.45) is 2.70. The van der Waals surface area contributed by atoms with Crippen LogP contribution in [-0.4, -0.2) is 36.7 Å². The highest BCUT2D eigenvalue weighted by atomic mass is 32.2. The molecule has 0 bridgehead atoms. The average molecular weight is 350 g/mol. The van der Waals surface area contributed by atoms with Gasteiger partial charge in [-0.15, -0.1) is 5.10 Å². The summed E-state index contributed by atoms with van der Waals surface area (Å²) in [5.74, 6) is -0.659. The third kappa shape index (κ3) is 3.72. The maximum Gasteiger partial charge on any atom is 0.236 e. The second-order valence-corrected chi connectivity index (χ2v) is 7.21. The maximum absolute atomic E-state index is 14.0. The molecule has 1 unspecified atom stereocenters. The molecule has 1 aliphatic rings. The molecule has 126 valence electrons. The number of anilines is 1. The van der Waals surface area contributed by atoms with Crippen molar-refractivity contribution in [3.05, 3.63) is 41.8 Å². The third-order valence-electron chi connectivity index (χ3n) is 3.60. The first-order valence-electron chi connectivity index (χ1n) is 7.35. The van der Waals surface area contributed by atoms with Gasteiger partial charge in [0.05, 0.1) is 23.5 Å². The van der Waals surface area contributed by atoms with E-state index in [-0.39, 0.29) is 28.9 Å². The van der Waals surface area contributed by atoms with Gasteiger partial charge in [-0.2, -0.15) is 5.26 Å². The molecule has 1 aromatic carbocycles. The van der Waals surface area contributed by atoms with Crippen LogP contribution >= 0.6 is 0 Å². The van der Waals surface area contributed by atoms with Crippen molar-refractivity contribution in [1.29, 1.82) is 5.26 Å². The quantitative estimate of drug-likeness (QED) is 0.887. The molecule has 1 N–H and O–H groups in total. The predicted octanol–water partition coefficient (Wildman–Crippen LogP) is 1.80. The van der Waals surface area contributed by atoms with Crippen molar-refractivity contribution in [1.82, 2.24) is 9.78 Å². The van der Waals surface area contributed by atoms with E-state index in [2.05, 4.69) is 9.82 Å². The van der Waals surface area contributed by atoms with Crippen molar-refractivity contribution in [2.24, 2.45) is 0 Å². The molecule has 0 saturated carbocycles. The smallest absolute Gasteiger partial charge is 0.236 e. The summed E-state index contributed by atoms with van der Waals surface area (Å²) in [7, 11) is -3.60. The van der Waals surface area contributed by atoms with E-state index in [1.165, 1.54) is 29.1 Å². The highest BCUT2D eigenvalue weighted by molar-refractivity contribution is 7.92. The molecule has 1 fully saturated rings. The zero-order chi connectivity index (χ0) is 17.2. The van der Waals surface area contributed by atoms with Crippen molar-refractivity contribution in [2.45, 2.75) is 18.9 Å². The van der Waals surface area contributed by atoms with Crippen LogP contribution in [0, 0.1) is 17.1 Å². The molecule has 0 spiro atoms. The fraction of sp³-hybridized carbons (Fsp3) is 0.333. The van der Waals surface area contributed by atoms with Gasteiger partial charge in [-0.1, -0.05) is 0 Å². The number of aromatic nitrogens is 2. The number of hydrogen-bond donors (Lipinski definition) is 1. The number of sulfonamides is 1. The fourth-order valence-electron chi connectivity index (χ4n) is 2.50. The topological polar surface area (TPSA) is 97.0 Å². The first-order chi connectivity index (χ1) is 11.5. The number of hydrogen-bond acceptors (Lipinski definition) is 5. The highest BCUT2D eigenvalue weighted by Crippen LogP contribution is 2.18. The van der Waals surface area contributed by atoms with Crippen LogP contribution in [0.2, 0.25) is 0 Å². The standard InChI is InChI=1S/C15H15FN4O3S/c16-13-8-11(9-17)3-4-14(13)20-6-5-15(18-20)19-24(21,22)10-12-2-1-7-23-12/h3-6,8,12H,1-2,7,10H2,(H,18,19). The normalized spacial score (nSPS) is 17.6. The highest BCUT2D eigenvalue weighted by Gasteiger charge is 2.24. The van der Waals surface area contributed by atoms with Gasteiger partial charge < -0.3 is 4.74 Å². The van der Waals surface area contributed by atoms with Crippen LogP contribution in [0.5, 0.6) is 0 Å². The van der Waals surface area contributed by atoms with Gasteiger partial charge in [0.15, 0.2) is 5.82 Å². The molecular weight excluding hydrogens is 335 g/mol. The monoisotopic (exact) mass is 350 g/mol. The van der Waals surface area contributed by atoms with Crippen LogP contribution in [0.3, 0.4) is 0 Å². The molecule has 1 aromatic heterocycles. The third-order valence-corrected chi connectivity index (χ3v) is 4.93. The van der Waals surface area contributed by atoms with Gasteiger partial charge in [-0.05, 0) is 31.0 Å². The van der Waals surface area contributed by atoms with Gasteiger partial charge in [0.1, 0.15) is 11.5 Å². The van der Waals surface area contributed by atoms with Gasteiger partial charge in [0, 0.05) is 18.9 Å². The Labute approximate surface area is 138 Å². The van der Waals surface area contributed by atoms with E-state index in [1.807, 2.05) is 6.07 Å². The van der Waals surface area contributed by atoms with E-state index in [0.29, 0.717) is 13.0 Å². The summed E-state index contributed by atoms with van der Waals surface area (Å²) in [5.41, 5.74) is 0.319. The summed E-state index contributed by atoms with van der Waals surface area (Å²) in [6.45, 7) is 0.576. The van der Waals surface area contributed by atoms with Crippen LogP contribution in [-0.2, 0) is 14.8 Å². The zero-order valence-electron chi connectivity index (χ0n) is 12.6. The number of ether oxygens (including phenoxy) is 1. The first-order valence-corrected chi connectivity index (χ1v) is 9.00. The second kappa shape index (κ2) is 6.59. The molecule has 1 atom stereocenters. The molecule has 2 aromatic rings. The van der Waals surface area contributed by atoms with Crippen molar-refractivity contribution >= 4 is 15.8 Å². The van der Waals surface area contributed by atoms with Crippen molar-refractivity contribution < 1.29 is 17.5 Å². The molecule has 24 heavy (non-hydrogen) atoms. The van der Waals surface area contributed by atoms with E-state index in [9.17, 15) is 12.8 Å². The van der Waals surface area contributed by atoms with Crippen molar-refractivity contribution in [2.75, 3.05) is 17.1 Å². The Morgan fingerprint density at radius 2 is 2.29 bits per heavy atom. The van der Waals surface area contributed by atoms with Gasteiger partial charge >= 0.3 is 0 Å². The van der Waals surface area contributed by atoms with E-state index < -0.39 is 15.8 Å². The van der Waals surface area contributed by atoms with Crippen LogP contribution in [0.4, 0.5) is 10.2 Å². The number of rotatable bonds is 5. The molecule has 1 saturated heterocycles. The molecule has 2 heterocycles. The van der Waals surface area contributed by atoms with Gasteiger partial charge in [-0.3, -0.25) is 4.72 Å². The van der Waals surface area contributed by atoms with Crippen LogP contribution in [0.25, 0.3) is 5.69 Å². The zero-order valence-corrected chi connectivity index (χ0v) is 13.5. The molecule has 0 amide bonds. The molecule has 9 heteroatoms. The van der Waals surface area contributed by atoms with Crippen molar-refractivity contribution in [3.8, 4) is 11.8 Å². The largest absolute Gasteiger partial charge is 0.377 e. The lowest BCUT2D eigenvalue weighted by Gasteiger charge is -2.10. The Balaban J connectivity index is 1.75. The fourth-order valence-corrected chi connectivity index (χ4v) is 3.76. The predicted molar refractivity (Wildman–Crippen MR) is 84.6 cm³/mol. The van der Waals surface area contributed by atoms with Crippen LogP contribution < -0.4 is 4.72 Å². The lowest BCUT2D eigenvalue weighted by atomic mass is 10.2. The number of benzene rings is 1. The minimum Gasteiger partial charge on any atom is -0.377 e. The molecule has 0 radical (unpaired) electrons. The molecule has 3 rings (SSSR count). The average Bonchev–Trinajstić information content (AvgIpc) is 3.18. The van der Waals surface area contributed by atoms with Gasteiger partial charge in [0.25, 0.3) is 0 Å². The molecule has 0 aliphatic carbocycles. The number of halogens is 1. The minimum absolute atomic E-state index is 0.0942. The number of nitrogens with one attached hydrogen (secondary N) is 1. The Kier molecular flexibility index (Phi) is 4.51. The van der Waals surface area contributed by atoms with Crippen molar-refractivity contribution in [3.63, 3.8) is 0 Å². The van der Waals surface area contributed by atoms with E-state index in [1.54, 1.807) is 0 Å². The minimum atomic E-state index is -3.60. The Bertz CT molecular complexity index is 882. The summed E-state index contributed by atoms with van der Waals surface area (Å²) in [5, 5.41) is 12.8. The molecule has 1 aliphatic heterocycles. The van der Waals surface area contributed by atoms with E-state index in [0.717, 1.165) is 12.5 Å². The lowest BCUT2D eigenvalue weighted by molar-refractivity contribution is 0.127. The Hall–Kier alpha value is -2.44. The first kappa shape index (κ1) is 16.4. The van der Waals surface area contributed by atoms with E-state index >= 15 is 0 Å². The lowest BCUT2D eigenvalue weighted by Crippen LogP contribution is -2.25. The van der Waals surface area contributed by atoms with Crippen LogP contribution in [0.15, 0.2) is 30.5 Å². The summed E-state index contributed by atoms with van der Waals surface area (Å²) >= 11 is 0. The molecular formula is C15H15FN4O3S. The second-order valence-electron chi connectivity index (χ2n) is 5.44. The maximum atomic E-state index is 14.0. The summed E-state index contributed by atoms with van der Waals surface area (Å²) in [4.78, 5) is 0. The number of nitriles is 1. The number of nitrogens with zero attached hydrogens (tertiary/aromatic N) is 3.